The number of nitrogens with zero attached hydrogens (tertiary/aromatic N) is 1. The molecule has 0 aromatic rings. The van der Waals surface area contributed by atoms with Gasteiger partial charge in [-0.05, 0) is 25.2 Å². The van der Waals surface area contributed by atoms with Crippen molar-refractivity contribution >= 4 is 11.9 Å². The van der Waals surface area contributed by atoms with E-state index in [-0.39, 0.29) is 23.7 Å². The monoisotopic (exact) mass is 241 g/mol. The quantitative estimate of drug-likeness (QED) is 0.802. The van der Waals surface area contributed by atoms with E-state index in [1.807, 2.05) is 6.92 Å². The maximum absolute atomic E-state index is 12.3. The van der Waals surface area contributed by atoms with Gasteiger partial charge in [0.2, 0.25) is 5.91 Å². The molecule has 4 heteroatoms. The topological polar surface area (TPSA) is 57.6 Å². The Hall–Kier alpha value is -1.06. The third-order valence-electron chi connectivity index (χ3n) is 3.84. The van der Waals surface area contributed by atoms with Crippen molar-refractivity contribution in [2.24, 2.45) is 11.3 Å². The number of hydrogen-bond acceptors (Lipinski definition) is 2. The lowest BCUT2D eigenvalue weighted by atomic mass is 9.81. The van der Waals surface area contributed by atoms with Crippen LogP contribution in [-0.4, -0.2) is 35.0 Å². The van der Waals surface area contributed by atoms with E-state index in [1.165, 1.54) is 0 Å². The Labute approximate surface area is 103 Å². The standard InChI is InChI=1S/C13H23NO3/c1-4-14(9-7-11(15)16)12(17)10-6-5-8-13(10,2)3/h10H,4-9H2,1-3H3,(H,15,16). The van der Waals surface area contributed by atoms with E-state index >= 15 is 0 Å². The summed E-state index contributed by atoms with van der Waals surface area (Å²) in [6, 6.07) is 0. The van der Waals surface area contributed by atoms with Crippen molar-refractivity contribution in [2.75, 3.05) is 13.1 Å². The van der Waals surface area contributed by atoms with Gasteiger partial charge in [-0.15, -0.1) is 0 Å². The lowest BCUT2D eigenvalue weighted by Crippen LogP contribution is -2.40. The Bertz CT molecular complexity index is 299. The van der Waals surface area contributed by atoms with Gasteiger partial charge < -0.3 is 10.0 Å². The first-order chi connectivity index (χ1) is 7.88. The first-order valence-corrected chi connectivity index (χ1v) is 6.39. The molecule has 1 N–H and O–H groups in total. The molecule has 0 heterocycles. The number of amides is 1. The van der Waals surface area contributed by atoms with Crippen LogP contribution in [0.5, 0.6) is 0 Å². The van der Waals surface area contributed by atoms with Crippen LogP contribution in [0.3, 0.4) is 0 Å². The largest absolute Gasteiger partial charge is 0.481 e. The van der Waals surface area contributed by atoms with Crippen LogP contribution in [0, 0.1) is 11.3 Å². The highest BCUT2D eigenvalue weighted by atomic mass is 16.4. The van der Waals surface area contributed by atoms with Gasteiger partial charge in [0.25, 0.3) is 0 Å². The molecule has 1 amide bonds. The minimum atomic E-state index is -0.845. The molecule has 1 aliphatic rings. The van der Waals surface area contributed by atoms with E-state index in [0.717, 1.165) is 19.3 Å². The number of carbonyl (C=O) groups excluding carboxylic acids is 1. The molecule has 0 aromatic carbocycles. The van der Waals surface area contributed by atoms with E-state index in [9.17, 15) is 9.59 Å². The SMILES string of the molecule is CCN(CCC(=O)O)C(=O)C1CCCC1(C)C. The minimum absolute atomic E-state index is 0.0345. The van der Waals surface area contributed by atoms with Gasteiger partial charge in [-0.1, -0.05) is 20.3 Å². The average molecular weight is 241 g/mol. The highest BCUT2D eigenvalue weighted by Gasteiger charge is 2.40. The second kappa shape index (κ2) is 5.52. The van der Waals surface area contributed by atoms with Gasteiger partial charge in [0.1, 0.15) is 0 Å². The fourth-order valence-electron chi connectivity index (χ4n) is 2.66. The van der Waals surface area contributed by atoms with Crippen LogP contribution in [0.25, 0.3) is 0 Å². The van der Waals surface area contributed by atoms with Crippen LogP contribution < -0.4 is 0 Å². The van der Waals surface area contributed by atoms with Crippen LogP contribution in [0.2, 0.25) is 0 Å². The lowest BCUT2D eigenvalue weighted by molar-refractivity contribution is -0.141. The molecule has 0 aliphatic heterocycles. The molecule has 0 aromatic heterocycles. The molecule has 1 unspecified atom stereocenters. The molecule has 0 radical (unpaired) electrons. The Morgan fingerprint density at radius 1 is 1.41 bits per heavy atom. The summed E-state index contributed by atoms with van der Waals surface area (Å²) in [6.45, 7) is 7.10. The number of rotatable bonds is 5. The second-order valence-corrected chi connectivity index (χ2v) is 5.50. The molecular formula is C13H23NO3. The third kappa shape index (κ3) is 3.45. The van der Waals surface area contributed by atoms with Gasteiger partial charge in [-0.25, -0.2) is 0 Å². The minimum Gasteiger partial charge on any atom is -0.481 e. The first-order valence-electron chi connectivity index (χ1n) is 6.39. The van der Waals surface area contributed by atoms with Gasteiger partial charge >= 0.3 is 5.97 Å². The van der Waals surface area contributed by atoms with E-state index in [4.69, 9.17) is 5.11 Å². The Kier molecular flexibility index (Phi) is 4.54. The lowest BCUT2D eigenvalue weighted by Gasteiger charge is -2.31. The van der Waals surface area contributed by atoms with Gasteiger partial charge in [0.05, 0.1) is 6.42 Å². The summed E-state index contributed by atoms with van der Waals surface area (Å²) in [7, 11) is 0. The molecule has 1 aliphatic carbocycles. The third-order valence-corrected chi connectivity index (χ3v) is 3.84. The molecule has 1 fully saturated rings. The summed E-state index contributed by atoms with van der Waals surface area (Å²) in [5.74, 6) is -0.644. The van der Waals surface area contributed by atoms with E-state index < -0.39 is 5.97 Å². The zero-order chi connectivity index (χ0) is 13.1. The molecule has 1 rings (SSSR count). The van der Waals surface area contributed by atoms with Crippen molar-refractivity contribution < 1.29 is 14.7 Å². The number of carbonyl (C=O) groups is 2. The van der Waals surface area contributed by atoms with Gasteiger partial charge in [0, 0.05) is 19.0 Å². The normalized spacial score (nSPS) is 22.4. The van der Waals surface area contributed by atoms with Crippen molar-refractivity contribution in [2.45, 2.75) is 46.5 Å². The van der Waals surface area contributed by atoms with Crippen molar-refractivity contribution in [3.05, 3.63) is 0 Å². The van der Waals surface area contributed by atoms with Crippen molar-refractivity contribution in [1.82, 2.24) is 4.90 Å². The molecular weight excluding hydrogens is 218 g/mol. The summed E-state index contributed by atoms with van der Waals surface area (Å²) in [5, 5.41) is 8.67. The molecule has 0 spiro atoms. The van der Waals surface area contributed by atoms with Crippen molar-refractivity contribution in [3.63, 3.8) is 0 Å². The predicted molar refractivity (Wildman–Crippen MR) is 65.6 cm³/mol. The highest BCUT2D eigenvalue weighted by molar-refractivity contribution is 5.80. The van der Waals surface area contributed by atoms with E-state index in [2.05, 4.69) is 13.8 Å². The fourth-order valence-corrected chi connectivity index (χ4v) is 2.66. The van der Waals surface area contributed by atoms with E-state index in [1.54, 1.807) is 4.90 Å². The molecule has 1 atom stereocenters. The molecule has 4 nitrogen and oxygen atoms in total. The molecule has 0 saturated heterocycles. The Morgan fingerprint density at radius 2 is 2.06 bits per heavy atom. The van der Waals surface area contributed by atoms with E-state index in [0.29, 0.717) is 13.1 Å². The van der Waals surface area contributed by atoms with Gasteiger partial charge in [-0.3, -0.25) is 9.59 Å². The summed E-state index contributed by atoms with van der Waals surface area (Å²) in [4.78, 5) is 24.6. The number of carboxylic acid groups (broad SMARTS) is 1. The summed E-state index contributed by atoms with van der Waals surface area (Å²) in [5.41, 5.74) is 0.0632. The van der Waals surface area contributed by atoms with Crippen LogP contribution in [0.4, 0.5) is 0 Å². The number of carboxylic acids is 1. The summed E-state index contributed by atoms with van der Waals surface area (Å²) >= 11 is 0. The van der Waals surface area contributed by atoms with Crippen LogP contribution in [0.1, 0.15) is 46.5 Å². The average Bonchev–Trinajstić information content (AvgIpc) is 2.58. The maximum Gasteiger partial charge on any atom is 0.305 e. The number of hydrogen-bond donors (Lipinski definition) is 1. The molecule has 98 valence electrons. The van der Waals surface area contributed by atoms with Crippen molar-refractivity contribution in [3.8, 4) is 0 Å². The van der Waals surface area contributed by atoms with Crippen LogP contribution in [-0.2, 0) is 9.59 Å². The van der Waals surface area contributed by atoms with Crippen LogP contribution >= 0.6 is 0 Å². The molecule has 0 bridgehead atoms. The van der Waals surface area contributed by atoms with Crippen LogP contribution in [0.15, 0.2) is 0 Å². The second-order valence-electron chi connectivity index (χ2n) is 5.50. The smallest absolute Gasteiger partial charge is 0.305 e. The summed E-state index contributed by atoms with van der Waals surface area (Å²) in [6.07, 6.45) is 3.15. The number of aliphatic carboxylic acids is 1. The molecule has 1 saturated carbocycles. The van der Waals surface area contributed by atoms with Gasteiger partial charge in [0.15, 0.2) is 0 Å². The summed E-state index contributed by atoms with van der Waals surface area (Å²) < 4.78 is 0. The van der Waals surface area contributed by atoms with Crippen molar-refractivity contribution in [1.29, 1.82) is 0 Å². The zero-order valence-corrected chi connectivity index (χ0v) is 11.0. The van der Waals surface area contributed by atoms with Gasteiger partial charge in [-0.2, -0.15) is 0 Å². The fraction of sp³-hybridized carbons (Fsp3) is 0.846. The predicted octanol–water partition coefficient (Wildman–Crippen LogP) is 2.14. The molecule has 17 heavy (non-hydrogen) atoms. The maximum atomic E-state index is 12.3. The first kappa shape index (κ1) is 14.0. The Morgan fingerprint density at radius 3 is 2.47 bits per heavy atom. The zero-order valence-electron chi connectivity index (χ0n) is 11.0. The Balaban J connectivity index is 2.62. The highest BCUT2D eigenvalue weighted by Crippen LogP contribution is 2.43.